The molecule has 0 aromatic carbocycles. The van der Waals surface area contributed by atoms with Crippen LogP contribution >= 0.6 is 19.4 Å². The number of fused-ring (bicyclic) bond motifs is 2. The summed E-state index contributed by atoms with van der Waals surface area (Å²) >= 11 is 6.10. The van der Waals surface area contributed by atoms with Crippen molar-refractivity contribution in [3.05, 3.63) is 16.7 Å². The average Bonchev–Trinajstić information content (AvgIpc) is 3.05. The number of phosphoric acid groups is 1. The van der Waals surface area contributed by atoms with Gasteiger partial charge in [0.05, 0.1) is 19.0 Å². The van der Waals surface area contributed by atoms with Gasteiger partial charge in [0.15, 0.2) is 23.5 Å². The van der Waals surface area contributed by atoms with Crippen LogP contribution in [-0.2, 0) is 22.9 Å². The molecule has 0 radical (unpaired) electrons. The van der Waals surface area contributed by atoms with E-state index in [9.17, 15) is 9.36 Å². The average molecular weight is 424 g/mol. The van der Waals surface area contributed by atoms with Crippen LogP contribution < -0.4 is 11.3 Å². The highest BCUT2D eigenvalue weighted by molar-refractivity contribution is 7.48. The highest BCUT2D eigenvalue weighted by Gasteiger charge is 2.63. The molecule has 2 aliphatic rings. The van der Waals surface area contributed by atoms with Gasteiger partial charge < -0.3 is 10.5 Å². The molecule has 4 rings (SSSR count). The van der Waals surface area contributed by atoms with Crippen LogP contribution in [0.2, 0.25) is 0 Å². The number of anilines is 1. The Labute approximate surface area is 156 Å². The molecule has 14 heteroatoms. The number of halogens is 2. The number of hydrogen-bond donors (Lipinski definition) is 2. The number of aromatic nitrogens is 4. The Morgan fingerprint density at radius 2 is 2.33 bits per heavy atom. The van der Waals surface area contributed by atoms with Gasteiger partial charge in [0.1, 0.15) is 6.10 Å². The van der Waals surface area contributed by atoms with Gasteiger partial charge in [0.2, 0.25) is 5.95 Å². The molecule has 148 valence electrons. The maximum absolute atomic E-state index is 15.5. The summed E-state index contributed by atoms with van der Waals surface area (Å²) in [4.78, 5) is 22.1. The van der Waals surface area contributed by atoms with Crippen molar-refractivity contribution in [1.29, 1.82) is 0 Å². The molecule has 0 spiro atoms. The number of imidazole rings is 1. The molecule has 2 fully saturated rings. The number of hydrogen-bond acceptors (Lipinski definition) is 9. The summed E-state index contributed by atoms with van der Waals surface area (Å²) in [5, 5.41) is -2.67. The van der Waals surface area contributed by atoms with Gasteiger partial charge in [-0.15, -0.1) is 0 Å². The number of nitrogens with one attached hydrogen (secondary N) is 1. The Kier molecular flexibility index (Phi) is 4.33. The monoisotopic (exact) mass is 423 g/mol. The number of nitrogens with zero attached hydrogens (tertiary/aromatic N) is 3. The Balaban J connectivity index is 1.71. The van der Waals surface area contributed by atoms with Crippen molar-refractivity contribution in [2.75, 3.05) is 12.3 Å². The number of phosphoric ester groups is 1. The number of nitrogen functional groups attached to an aromatic ring is 1. The second-order valence-corrected chi connectivity index (χ2v) is 8.55. The minimum atomic E-state index is -4.01. The lowest BCUT2D eigenvalue weighted by molar-refractivity contribution is -0.0733. The Morgan fingerprint density at radius 3 is 3.04 bits per heavy atom. The first kappa shape index (κ1) is 18.8. The fourth-order valence-corrected chi connectivity index (χ4v) is 4.98. The molecule has 0 unspecified atom stereocenters. The van der Waals surface area contributed by atoms with Crippen LogP contribution in [0.5, 0.6) is 0 Å². The van der Waals surface area contributed by atoms with Crippen LogP contribution in [0.4, 0.5) is 10.3 Å². The van der Waals surface area contributed by atoms with Gasteiger partial charge in [-0.1, -0.05) is 11.6 Å². The normalized spacial score (nSPS) is 36.4. The van der Waals surface area contributed by atoms with E-state index < -0.39 is 43.0 Å². The third-order valence-corrected chi connectivity index (χ3v) is 6.06. The van der Waals surface area contributed by atoms with Crippen LogP contribution in [0.3, 0.4) is 0 Å². The molecule has 2 aromatic heterocycles. The second kappa shape index (κ2) is 6.23. The minimum Gasteiger partial charge on any atom is -0.369 e. The van der Waals surface area contributed by atoms with Crippen molar-refractivity contribution in [3.63, 3.8) is 0 Å². The first-order valence-corrected chi connectivity index (χ1v) is 9.81. The van der Waals surface area contributed by atoms with E-state index in [0.717, 1.165) is 10.9 Å². The van der Waals surface area contributed by atoms with Crippen LogP contribution in [0, 0.1) is 0 Å². The first-order valence-electron chi connectivity index (χ1n) is 7.98. The zero-order valence-corrected chi connectivity index (χ0v) is 15.8. The Morgan fingerprint density at radius 1 is 1.59 bits per heavy atom. The fourth-order valence-electron chi connectivity index (χ4n) is 2.99. The smallest absolute Gasteiger partial charge is 0.369 e. The van der Waals surface area contributed by atoms with Crippen LogP contribution in [0.15, 0.2) is 11.1 Å². The lowest BCUT2D eigenvalue weighted by Crippen LogP contribution is -2.43. The largest absolute Gasteiger partial charge is 0.475 e. The van der Waals surface area contributed by atoms with Crippen molar-refractivity contribution in [3.8, 4) is 0 Å². The van der Waals surface area contributed by atoms with E-state index in [0.29, 0.717) is 0 Å². The summed E-state index contributed by atoms with van der Waals surface area (Å²) in [7, 11) is -4.01. The van der Waals surface area contributed by atoms with E-state index in [4.69, 9.17) is 35.6 Å². The molecule has 27 heavy (non-hydrogen) atoms. The summed E-state index contributed by atoms with van der Waals surface area (Å²) in [5.41, 5.74) is 4.86. The summed E-state index contributed by atoms with van der Waals surface area (Å²) in [6.07, 6.45) is -3.23. The van der Waals surface area contributed by atoms with E-state index in [-0.39, 0.29) is 23.7 Å². The number of H-pyrrole nitrogens is 1. The lowest BCUT2D eigenvalue weighted by atomic mass is 10.1. The van der Waals surface area contributed by atoms with Crippen molar-refractivity contribution in [1.82, 2.24) is 19.5 Å². The van der Waals surface area contributed by atoms with Gasteiger partial charge in [0.25, 0.3) is 10.7 Å². The molecule has 4 heterocycles. The summed E-state index contributed by atoms with van der Waals surface area (Å²) in [5.74, 6) is -0.182. The maximum atomic E-state index is 15.5. The number of aromatic amines is 1. The van der Waals surface area contributed by atoms with E-state index in [2.05, 4.69) is 15.0 Å². The summed E-state index contributed by atoms with van der Waals surface area (Å²) in [6, 6.07) is 0. The van der Waals surface area contributed by atoms with E-state index in [1.165, 1.54) is 0 Å². The Bertz CT molecular complexity index is 995. The van der Waals surface area contributed by atoms with Crippen molar-refractivity contribution < 1.29 is 27.3 Å². The van der Waals surface area contributed by atoms with E-state index in [1.54, 1.807) is 13.8 Å². The molecule has 3 N–H and O–H groups in total. The molecule has 0 amide bonds. The number of rotatable bonds is 3. The summed E-state index contributed by atoms with van der Waals surface area (Å²) in [6.45, 7) is 2.99. The lowest BCUT2D eigenvalue weighted by Gasteiger charge is -2.33. The van der Waals surface area contributed by atoms with Crippen molar-refractivity contribution >= 4 is 36.5 Å². The number of alkyl halides is 2. The molecule has 5 atom stereocenters. The van der Waals surface area contributed by atoms with Gasteiger partial charge in [-0.25, -0.2) is 13.9 Å². The predicted octanol–water partition coefficient (Wildman–Crippen LogP) is 1.45. The van der Waals surface area contributed by atoms with Crippen LogP contribution in [0.1, 0.15) is 20.1 Å². The second-order valence-electron chi connectivity index (χ2n) is 6.40. The molecular weight excluding hydrogens is 408 g/mol. The molecule has 11 nitrogen and oxygen atoms in total. The van der Waals surface area contributed by atoms with Gasteiger partial charge in [0, 0.05) is 0 Å². The number of nitrogens with two attached hydrogens (primary N) is 1. The third-order valence-electron chi connectivity index (χ3n) is 4.03. The highest BCUT2D eigenvalue weighted by Crippen LogP contribution is 2.61. The fraction of sp³-hybridized carbons (Fsp3) is 0.615. The third kappa shape index (κ3) is 3.06. The molecule has 2 aromatic rings. The molecular formula is C13H16ClFN5O6P. The van der Waals surface area contributed by atoms with Crippen molar-refractivity contribution in [2.24, 2.45) is 0 Å². The quantitative estimate of drug-likeness (QED) is 0.553. The molecule has 2 aliphatic heterocycles. The van der Waals surface area contributed by atoms with E-state index in [1.807, 2.05) is 0 Å². The van der Waals surface area contributed by atoms with Gasteiger partial charge in [-0.2, -0.15) is 4.98 Å². The molecule has 2 saturated heterocycles. The summed E-state index contributed by atoms with van der Waals surface area (Å²) < 4.78 is 50.2. The molecule has 0 aliphatic carbocycles. The first-order chi connectivity index (χ1) is 12.6. The number of ether oxygens (including phenoxy) is 1. The standard InChI is InChI=1S/C13H16ClFN5O6P/c1-5(2)25-27(22)23-3-6-8(26-27)13(14,15)11(24-6)20-4-17-7-9(20)18-12(16)19-10(7)21/h4-6,8,11H,3H2,1-2H3,(H3,16,18,19,21)/t6-,8-,11-,13-,27-/m1/s1. The van der Waals surface area contributed by atoms with Crippen LogP contribution in [-0.4, -0.2) is 49.6 Å². The molecule has 0 bridgehead atoms. The Hall–Kier alpha value is -1.56. The highest BCUT2D eigenvalue weighted by atomic mass is 35.5. The maximum Gasteiger partial charge on any atom is 0.475 e. The predicted molar refractivity (Wildman–Crippen MR) is 90.8 cm³/mol. The van der Waals surface area contributed by atoms with Crippen molar-refractivity contribution in [2.45, 2.75) is 43.5 Å². The van der Waals surface area contributed by atoms with E-state index >= 15 is 4.39 Å². The van der Waals surface area contributed by atoms with Gasteiger partial charge >= 0.3 is 7.82 Å². The molecule has 0 saturated carbocycles. The zero-order valence-electron chi connectivity index (χ0n) is 14.2. The zero-order chi connectivity index (χ0) is 19.6. The van der Waals surface area contributed by atoms with Gasteiger partial charge in [-0.3, -0.25) is 27.9 Å². The van der Waals surface area contributed by atoms with Gasteiger partial charge in [-0.05, 0) is 13.8 Å². The topological polar surface area (TPSA) is 144 Å². The SMILES string of the molecule is CC(C)O[P@@]1(=O)OC[C@H]2O[C@@H](n3cnc4c(=O)[nH]c(N)nc43)[C@@](F)(Cl)[C@@H]2O1. The van der Waals surface area contributed by atoms with Crippen LogP contribution in [0.25, 0.3) is 11.2 Å². The minimum absolute atomic E-state index is 0.0231.